The lowest BCUT2D eigenvalue weighted by atomic mass is 10.1. The van der Waals surface area contributed by atoms with E-state index in [1.807, 2.05) is 0 Å². The minimum atomic E-state index is 0.328. The molecule has 1 aromatic carbocycles. The zero-order valence-corrected chi connectivity index (χ0v) is 8.30. The number of alkyl halides is 1. The Morgan fingerprint density at radius 2 is 2.08 bits per heavy atom. The third kappa shape index (κ3) is 2.45. The molecule has 1 aliphatic heterocycles. The number of hydrogen-bond acceptors (Lipinski definition) is 1. The first-order valence-corrected chi connectivity index (χ1v) is 5.19. The molecule has 2 rings (SSSR count). The van der Waals surface area contributed by atoms with Crippen LogP contribution >= 0.6 is 11.6 Å². The van der Waals surface area contributed by atoms with Crippen molar-refractivity contribution in [1.82, 2.24) is 5.32 Å². The van der Waals surface area contributed by atoms with Crippen LogP contribution in [0, 0.1) is 0 Å². The van der Waals surface area contributed by atoms with Crippen LogP contribution in [0.5, 0.6) is 0 Å². The maximum atomic E-state index is 6.01. The SMILES string of the molecule is ClC1CNC(Cc2ccccc2)C1. The average molecular weight is 196 g/mol. The van der Waals surface area contributed by atoms with Crippen LogP contribution in [-0.2, 0) is 6.42 Å². The molecule has 1 saturated heterocycles. The predicted molar refractivity (Wildman–Crippen MR) is 56.2 cm³/mol. The second-order valence-corrected chi connectivity index (χ2v) is 4.25. The van der Waals surface area contributed by atoms with Crippen molar-refractivity contribution in [3.63, 3.8) is 0 Å². The molecule has 0 amide bonds. The normalized spacial score (nSPS) is 27.8. The Balaban J connectivity index is 1.92. The molecular weight excluding hydrogens is 182 g/mol. The average Bonchev–Trinajstić information content (AvgIpc) is 2.53. The quantitative estimate of drug-likeness (QED) is 0.714. The van der Waals surface area contributed by atoms with Crippen molar-refractivity contribution in [2.24, 2.45) is 0 Å². The number of nitrogens with one attached hydrogen (secondary N) is 1. The molecule has 1 aliphatic rings. The van der Waals surface area contributed by atoms with Gasteiger partial charge in [0.05, 0.1) is 0 Å². The monoisotopic (exact) mass is 195 g/mol. The molecule has 1 aromatic rings. The van der Waals surface area contributed by atoms with Gasteiger partial charge < -0.3 is 5.32 Å². The lowest BCUT2D eigenvalue weighted by Crippen LogP contribution is -2.23. The summed E-state index contributed by atoms with van der Waals surface area (Å²) < 4.78 is 0. The van der Waals surface area contributed by atoms with Crippen LogP contribution in [0.3, 0.4) is 0 Å². The van der Waals surface area contributed by atoms with Crippen molar-refractivity contribution in [2.45, 2.75) is 24.3 Å². The van der Waals surface area contributed by atoms with E-state index < -0.39 is 0 Å². The zero-order chi connectivity index (χ0) is 9.10. The van der Waals surface area contributed by atoms with E-state index in [4.69, 9.17) is 11.6 Å². The topological polar surface area (TPSA) is 12.0 Å². The van der Waals surface area contributed by atoms with Gasteiger partial charge in [-0.05, 0) is 18.4 Å². The van der Waals surface area contributed by atoms with E-state index in [9.17, 15) is 0 Å². The van der Waals surface area contributed by atoms with E-state index in [1.54, 1.807) is 0 Å². The summed E-state index contributed by atoms with van der Waals surface area (Å²) >= 11 is 6.01. The summed E-state index contributed by atoms with van der Waals surface area (Å²) in [5.74, 6) is 0. The first-order valence-electron chi connectivity index (χ1n) is 4.76. The number of halogens is 1. The second kappa shape index (κ2) is 4.12. The molecule has 2 atom stereocenters. The highest BCUT2D eigenvalue weighted by Gasteiger charge is 2.21. The Labute approximate surface area is 84.1 Å². The summed E-state index contributed by atoms with van der Waals surface area (Å²) in [4.78, 5) is 0. The predicted octanol–water partition coefficient (Wildman–Crippen LogP) is 2.20. The van der Waals surface area contributed by atoms with E-state index in [-0.39, 0.29) is 0 Å². The molecule has 1 fully saturated rings. The van der Waals surface area contributed by atoms with Crippen molar-refractivity contribution < 1.29 is 0 Å². The van der Waals surface area contributed by atoms with Crippen LogP contribution in [-0.4, -0.2) is 18.0 Å². The standard InChI is InChI=1S/C11H14ClN/c12-10-7-11(13-8-10)6-9-4-2-1-3-5-9/h1-5,10-11,13H,6-8H2. The Morgan fingerprint density at radius 3 is 2.69 bits per heavy atom. The van der Waals surface area contributed by atoms with Gasteiger partial charge in [0.2, 0.25) is 0 Å². The van der Waals surface area contributed by atoms with E-state index in [0.717, 1.165) is 19.4 Å². The van der Waals surface area contributed by atoms with Crippen LogP contribution in [0.2, 0.25) is 0 Å². The molecule has 0 bridgehead atoms. The lowest BCUT2D eigenvalue weighted by Gasteiger charge is -2.09. The summed E-state index contributed by atoms with van der Waals surface area (Å²) in [5, 5.41) is 3.75. The fourth-order valence-corrected chi connectivity index (χ4v) is 2.13. The summed E-state index contributed by atoms with van der Waals surface area (Å²) in [6, 6.07) is 11.1. The first-order chi connectivity index (χ1) is 6.34. The first kappa shape index (κ1) is 9.04. The Morgan fingerprint density at radius 1 is 1.31 bits per heavy atom. The van der Waals surface area contributed by atoms with Crippen LogP contribution in [0.25, 0.3) is 0 Å². The highest BCUT2D eigenvalue weighted by atomic mass is 35.5. The van der Waals surface area contributed by atoms with E-state index in [2.05, 4.69) is 35.6 Å². The third-order valence-corrected chi connectivity index (χ3v) is 2.83. The van der Waals surface area contributed by atoms with Gasteiger partial charge in [-0.15, -0.1) is 11.6 Å². The van der Waals surface area contributed by atoms with Gasteiger partial charge in [0.15, 0.2) is 0 Å². The Kier molecular flexibility index (Phi) is 2.87. The largest absolute Gasteiger partial charge is 0.312 e. The molecule has 1 nitrogen and oxygen atoms in total. The van der Waals surface area contributed by atoms with E-state index in [0.29, 0.717) is 11.4 Å². The van der Waals surface area contributed by atoms with Gasteiger partial charge >= 0.3 is 0 Å². The molecule has 13 heavy (non-hydrogen) atoms. The van der Waals surface area contributed by atoms with E-state index in [1.165, 1.54) is 5.56 Å². The van der Waals surface area contributed by atoms with Gasteiger partial charge in [0, 0.05) is 18.0 Å². The zero-order valence-electron chi connectivity index (χ0n) is 7.54. The van der Waals surface area contributed by atoms with Crippen molar-refractivity contribution in [3.05, 3.63) is 35.9 Å². The summed E-state index contributed by atoms with van der Waals surface area (Å²) in [5.41, 5.74) is 1.39. The minimum Gasteiger partial charge on any atom is -0.312 e. The van der Waals surface area contributed by atoms with Crippen LogP contribution in [0.4, 0.5) is 0 Å². The van der Waals surface area contributed by atoms with E-state index >= 15 is 0 Å². The number of benzene rings is 1. The van der Waals surface area contributed by atoms with Crippen molar-refractivity contribution >= 4 is 11.6 Å². The second-order valence-electron chi connectivity index (χ2n) is 3.63. The molecule has 1 heterocycles. The summed E-state index contributed by atoms with van der Waals surface area (Å²) in [7, 11) is 0. The molecule has 0 aliphatic carbocycles. The Hall–Kier alpha value is -0.530. The highest BCUT2D eigenvalue weighted by molar-refractivity contribution is 6.21. The molecule has 0 aromatic heterocycles. The number of hydrogen-bond donors (Lipinski definition) is 1. The van der Waals surface area contributed by atoms with Gasteiger partial charge in [0.1, 0.15) is 0 Å². The summed E-state index contributed by atoms with van der Waals surface area (Å²) in [6.07, 6.45) is 2.19. The highest BCUT2D eigenvalue weighted by Crippen LogP contribution is 2.16. The van der Waals surface area contributed by atoms with Crippen LogP contribution in [0.1, 0.15) is 12.0 Å². The lowest BCUT2D eigenvalue weighted by molar-refractivity contribution is 0.603. The molecule has 2 unspecified atom stereocenters. The maximum absolute atomic E-state index is 6.01. The molecule has 0 saturated carbocycles. The fourth-order valence-electron chi connectivity index (χ4n) is 1.82. The molecule has 70 valence electrons. The van der Waals surface area contributed by atoms with Gasteiger partial charge in [-0.2, -0.15) is 0 Å². The fraction of sp³-hybridized carbons (Fsp3) is 0.455. The minimum absolute atomic E-state index is 0.328. The van der Waals surface area contributed by atoms with Crippen LogP contribution < -0.4 is 5.32 Å². The van der Waals surface area contributed by atoms with Crippen molar-refractivity contribution in [3.8, 4) is 0 Å². The van der Waals surface area contributed by atoms with Gasteiger partial charge in [-0.25, -0.2) is 0 Å². The van der Waals surface area contributed by atoms with Gasteiger partial charge in [-0.1, -0.05) is 30.3 Å². The molecule has 2 heteroatoms. The maximum Gasteiger partial charge on any atom is 0.0475 e. The molecule has 0 spiro atoms. The third-order valence-electron chi connectivity index (χ3n) is 2.49. The summed E-state index contributed by atoms with van der Waals surface area (Å²) in [6.45, 7) is 0.957. The van der Waals surface area contributed by atoms with Gasteiger partial charge in [-0.3, -0.25) is 0 Å². The van der Waals surface area contributed by atoms with Crippen molar-refractivity contribution in [1.29, 1.82) is 0 Å². The smallest absolute Gasteiger partial charge is 0.0475 e. The number of rotatable bonds is 2. The van der Waals surface area contributed by atoms with Crippen molar-refractivity contribution in [2.75, 3.05) is 6.54 Å². The van der Waals surface area contributed by atoms with Gasteiger partial charge in [0.25, 0.3) is 0 Å². The Bertz CT molecular complexity index is 260. The molecule has 0 radical (unpaired) electrons. The molecule has 1 N–H and O–H groups in total. The van der Waals surface area contributed by atoms with Crippen LogP contribution in [0.15, 0.2) is 30.3 Å². The molecular formula is C11H14ClN.